The third-order valence-electron chi connectivity index (χ3n) is 2.95. The predicted molar refractivity (Wildman–Crippen MR) is 82.6 cm³/mol. The van der Waals surface area contributed by atoms with Gasteiger partial charge in [0.2, 0.25) is 11.1 Å². The Labute approximate surface area is 128 Å². The van der Waals surface area contributed by atoms with Gasteiger partial charge >= 0.3 is 5.63 Å². The second-order valence-corrected chi connectivity index (χ2v) is 5.83. The number of H-pyrrole nitrogens is 1. The van der Waals surface area contributed by atoms with E-state index in [9.17, 15) is 4.79 Å². The maximum absolute atomic E-state index is 11.6. The van der Waals surface area contributed by atoms with Gasteiger partial charge in [-0.25, -0.2) is 9.89 Å². The maximum atomic E-state index is 11.6. The van der Waals surface area contributed by atoms with E-state index in [0.29, 0.717) is 21.5 Å². The van der Waals surface area contributed by atoms with Gasteiger partial charge < -0.3 is 10.2 Å². The van der Waals surface area contributed by atoms with Crippen LogP contribution in [-0.4, -0.2) is 15.2 Å². The summed E-state index contributed by atoms with van der Waals surface area (Å²) in [4.78, 5) is 15.7. The number of hydrogen-bond acceptors (Lipinski definition) is 6. The van der Waals surface area contributed by atoms with E-state index < -0.39 is 5.63 Å². The predicted octanol–water partition coefficient (Wildman–Crippen LogP) is 2.75. The number of nitrogens with one attached hydrogen (secondary N) is 1. The summed E-state index contributed by atoms with van der Waals surface area (Å²) in [6, 6.07) is 5.02. The lowest BCUT2D eigenvalue weighted by atomic mass is 10.1. The Morgan fingerprint density at radius 3 is 2.95 bits per heavy atom. The van der Waals surface area contributed by atoms with Crippen molar-refractivity contribution in [3.8, 4) is 0 Å². The molecule has 1 aromatic carbocycles. The van der Waals surface area contributed by atoms with Crippen molar-refractivity contribution in [3.63, 3.8) is 0 Å². The molecule has 0 aliphatic heterocycles. The fourth-order valence-electron chi connectivity index (χ4n) is 1.93. The standard InChI is InChI=1S/C13H11ClN4O2S/c1-6-2-10-8(4-9(6)14)7(3-11(19)20-10)5-21-13-16-12(15)17-18-13/h2-4H,5H2,1H3,(H3,15,16,17,18). The number of aryl methyl sites for hydroxylation is 1. The maximum Gasteiger partial charge on any atom is 0.336 e. The first-order valence-corrected chi connectivity index (χ1v) is 7.43. The lowest BCUT2D eigenvalue weighted by Crippen LogP contribution is -2.00. The lowest BCUT2D eigenvalue weighted by molar-refractivity contribution is 0.559. The van der Waals surface area contributed by atoms with Crippen LogP contribution in [0.3, 0.4) is 0 Å². The molecule has 0 aliphatic carbocycles. The molecular formula is C13H11ClN4O2S. The second kappa shape index (κ2) is 5.42. The quantitative estimate of drug-likeness (QED) is 0.568. The number of halogens is 1. The summed E-state index contributed by atoms with van der Waals surface area (Å²) in [5.74, 6) is 0.771. The number of rotatable bonds is 3. The molecule has 8 heteroatoms. The molecule has 6 nitrogen and oxygen atoms in total. The number of nitrogens with two attached hydrogens (primary N) is 1. The van der Waals surface area contributed by atoms with Crippen molar-refractivity contribution in [3.05, 3.63) is 44.8 Å². The molecule has 0 atom stereocenters. The highest BCUT2D eigenvalue weighted by molar-refractivity contribution is 7.98. The van der Waals surface area contributed by atoms with Gasteiger partial charge in [-0.05, 0) is 30.2 Å². The molecule has 0 saturated heterocycles. The molecular weight excluding hydrogens is 312 g/mol. The van der Waals surface area contributed by atoms with Crippen LogP contribution in [-0.2, 0) is 5.75 Å². The van der Waals surface area contributed by atoms with Crippen LogP contribution >= 0.6 is 23.4 Å². The average molecular weight is 323 g/mol. The summed E-state index contributed by atoms with van der Waals surface area (Å²) in [5.41, 5.74) is 7.28. The molecule has 2 heterocycles. The van der Waals surface area contributed by atoms with Crippen molar-refractivity contribution in [1.82, 2.24) is 15.2 Å². The zero-order chi connectivity index (χ0) is 15.0. The Bertz CT molecular complexity index is 874. The Morgan fingerprint density at radius 1 is 1.43 bits per heavy atom. The Hall–Kier alpha value is -1.99. The Kier molecular flexibility index (Phi) is 3.60. The molecule has 3 rings (SSSR count). The van der Waals surface area contributed by atoms with Crippen LogP contribution < -0.4 is 11.4 Å². The van der Waals surface area contributed by atoms with Crippen LogP contribution in [0.15, 0.2) is 32.6 Å². The van der Waals surface area contributed by atoms with Gasteiger partial charge in [0.15, 0.2) is 0 Å². The number of nitrogen functional groups attached to an aromatic ring is 1. The molecule has 0 aliphatic rings. The zero-order valence-electron chi connectivity index (χ0n) is 11.0. The van der Waals surface area contributed by atoms with E-state index in [4.69, 9.17) is 21.8 Å². The molecule has 2 aromatic heterocycles. The summed E-state index contributed by atoms with van der Waals surface area (Å²) in [6.07, 6.45) is 0. The molecule has 3 aromatic rings. The zero-order valence-corrected chi connectivity index (χ0v) is 12.6. The van der Waals surface area contributed by atoms with Gasteiger partial charge in [0, 0.05) is 22.2 Å². The summed E-state index contributed by atoms with van der Waals surface area (Å²) < 4.78 is 5.21. The molecule has 0 fully saturated rings. The van der Waals surface area contributed by atoms with Crippen LogP contribution in [0.1, 0.15) is 11.1 Å². The lowest BCUT2D eigenvalue weighted by Gasteiger charge is -2.06. The number of aromatic amines is 1. The smallest absolute Gasteiger partial charge is 0.336 e. The van der Waals surface area contributed by atoms with Crippen LogP contribution in [0.25, 0.3) is 11.0 Å². The summed E-state index contributed by atoms with van der Waals surface area (Å²) in [6.45, 7) is 1.86. The van der Waals surface area contributed by atoms with Gasteiger partial charge in [-0.2, -0.15) is 4.98 Å². The molecule has 3 N–H and O–H groups in total. The van der Waals surface area contributed by atoms with Gasteiger partial charge in [-0.15, -0.1) is 5.10 Å². The first kappa shape index (κ1) is 14.0. The third-order valence-corrected chi connectivity index (χ3v) is 4.25. The largest absolute Gasteiger partial charge is 0.423 e. The molecule has 21 heavy (non-hydrogen) atoms. The van der Waals surface area contributed by atoms with Crippen molar-refractivity contribution in [1.29, 1.82) is 0 Å². The first-order chi connectivity index (χ1) is 10.0. The average Bonchev–Trinajstić information content (AvgIpc) is 2.84. The SMILES string of the molecule is Cc1cc2oc(=O)cc(CSc3n[nH]c(N)n3)c2cc1Cl. The van der Waals surface area contributed by atoms with Crippen LogP contribution in [0.4, 0.5) is 5.95 Å². The Balaban J connectivity index is 2.00. The monoisotopic (exact) mass is 322 g/mol. The highest BCUT2D eigenvalue weighted by Gasteiger charge is 2.10. The second-order valence-electron chi connectivity index (χ2n) is 4.48. The number of hydrogen-bond donors (Lipinski definition) is 2. The van der Waals surface area contributed by atoms with Crippen molar-refractivity contribution >= 4 is 40.3 Å². The minimum atomic E-state index is -0.394. The van der Waals surface area contributed by atoms with Crippen LogP contribution in [0, 0.1) is 6.92 Å². The molecule has 0 spiro atoms. The fraction of sp³-hybridized carbons (Fsp3) is 0.154. The summed E-state index contributed by atoms with van der Waals surface area (Å²) in [7, 11) is 0. The van der Waals surface area contributed by atoms with E-state index in [-0.39, 0.29) is 5.95 Å². The normalized spacial score (nSPS) is 11.1. The van der Waals surface area contributed by atoms with E-state index in [0.717, 1.165) is 16.5 Å². The van der Waals surface area contributed by atoms with Gasteiger partial charge in [0.25, 0.3) is 0 Å². The number of benzene rings is 1. The molecule has 0 amide bonds. The van der Waals surface area contributed by atoms with Gasteiger partial charge in [0.05, 0.1) is 0 Å². The summed E-state index contributed by atoms with van der Waals surface area (Å²) >= 11 is 7.52. The van der Waals surface area contributed by atoms with Crippen LogP contribution in [0.2, 0.25) is 5.02 Å². The minimum Gasteiger partial charge on any atom is -0.423 e. The number of nitrogens with zero attached hydrogens (tertiary/aromatic N) is 2. The number of fused-ring (bicyclic) bond motifs is 1. The number of anilines is 1. The highest BCUT2D eigenvalue weighted by atomic mass is 35.5. The molecule has 0 unspecified atom stereocenters. The molecule has 0 bridgehead atoms. The van der Waals surface area contributed by atoms with Gasteiger partial charge in [-0.3, -0.25) is 0 Å². The van der Waals surface area contributed by atoms with E-state index in [1.54, 1.807) is 12.1 Å². The number of thioether (sulfide) groups is 1. The highest BCUT2D eigenvalue weighted by Crippen LogP contribution is 2.28. The molecule has 0 radical (unpaired) electrons. The van der Waals surface area contributed by atoms with E-state index in [1.165, 1.54) is 17.8 Å². The molecule has 108 valence electrons. The van der Waals surface area contributed by atoms with Crippen molar-refractivity contribution in [2.24, 2.45) is 0 Å². The van der Waals surface area contributed by atoms with E-state index in [1.807, 2.05) is 6.92 Å². The minimum absolute atomic E-state index is 0.258. The number of aromatic nitrogens is 3. The Morgan fingerprint density at radius 2 is 2.24 bits per heavy atom. The topological polar surface area (TPSA) is 97.8 Å². The van der Waals surface area contributed by atoms with Crippen LogP contribution in [0.5, 0.6) is 0 Å². The van der Waals surface area contributed by atoms with Crippen molar-refractivity contribution in [2.45, 2.75) is 17.8 Å². The fourth-order valence-corrected chi connectivity index (χ4v) is 2.89. The first-order valence-electron chi connectivity index (χ1n) is 6.06. The van der Waals surface area contributed by atoms with Gasteiger partial charge in [0.1, 0.15) is 5.58 Å². The van der Waals surface area contributed by atoms with E-state index >= 15 is 0 Å². The third kappa shape index (κ3) is 2.88. The molecule has 0 saturated carbocycles. The van der Waals surface area contributed by atoms with Gasteiger partial charge in [-0.1, -0.05) is 23.4 Å². The van der Waals surface area contributed by atoms with E-state index in [2.05, 4.69) is 15.2 Å². The summed E-state index contributed by atoms with van der Waals surface area (Å²) in [5, 5.41) is 8.46. The van der Waals surface area contributed by atoms with Crippen molar-refractivity contribution in [2.75, 3.05) is 5.73 Å². The van der Waals surface area contributed by atoms with Crippen molar-refractivity contribution < 1.29 is 4.42 Å².